The third-order valence-corrected chi connectivity index (χ3v) is 5.88. The van der Waals surface area contributed by atoms with Gasteiger partial charge in [0, 0.05) is 55.2 Å². The lowest BCUT2D eigenvalue weighted by Gasteiger charge is -2.22. The van der Waals surface area contributed by atoms with Gasteiger partial charge in [-0.3, -0.25) is 14.9 Å². The number of rotatable bonds is 3. The highest BCUT2D eigenvalue weighted by atomic mass is 16.2. The van der Waals surface area contributed by atoms with Crippen molar-refractivity contribution in [3.8, 4) is 11.4 Å². The van der Waals surface area contributed by atoms with Gasteiger partial charge in [0.05, 0.1) is 0 Å². The highest BCUT2D eigenvalue weighted by Crippen LogP contribution is 2.22. The van der Waals surface area contributed by atoms with Crippen LogP contribution in [0, 0.1) is 0 Å². The van der Waals surface area contributed by atoms with Gasteiger partial charge in [-0.05, 0) is 36.8 Å². The second-order valence-corrected chi connectivity index (χ2v) is 9.28. The lowest BCUT2D eigenvalue weighted by molar-refractivity contribution is 0.0761. The molecule has 1 aliphatic rings. The number of aromatic amines is 1. The quantitative estimate of drug-likeness (QED) is 0.516. The van der Waals surface area contributed by atoms with E-state index >= 15 is 0 Å². The molecule has 0 unspecified atom stereocenters. The lowest BCUT2D eigenvalue weighted by atomic mass is 9.92. The zero-order valence-electron chi connectivity index (χ0n) is 19.1. The summed E-state index contributed by atoms with van der Waals surface area (Å²) < 4.78 is 1.75. The van der Waals surface area contributed by atoms with Crippen LogP contribution in [-0.2, 0) is 5.41 Å². The molecule has 10 nitrogen and oxygen atoms in total. The summed E-state index contributed by atoms with van der Waals surface area (Å²) in [6, 6.07) is 9.54. The zero-order chi connectivity index (χ0) is 23.0. The molecule has 1 fully saturated rings. The summed E-state index contributed by atoms with van der Waals surface area (Å²) >= 11 is 0. The smallest absolute Gasteiger partial charge is 0.274 e. The van der Waals surface area contributed by atoms with Gasteiger partial charge in [0.2, 0.25) is 0 Å². The van der Waals surface area contributed by atoms with Gasteiger partial charge < -0.3 is 9.80 Å². The minimum atomic E-state index is -0.0811. The summed E-state index contributed by atoms with van der Waals surface area (Å²) in [7, 11) is 0. The second-order valence-electron chi connectivity index (χ2n) is 9.28. The maximum absolute atomic E-state index is 13.1. The van der Waals surface area contributed by atoms with Crippen molar-refractivity contribution in [2.24, 2.45) is 0 Å². The Morgan fingerprint density at radius 2 is 1.94 bits per heavy atom. The minimum Gasteiger partial charge on any atom is -0.353 e. The summed E-state index contributed by atoms with van der Waals surface area (Å²) in [5.74, 6) is 1.45. The molecule has 4 aromatic rings. The van der Waals surface area contributed by atoms with Crippen molar-refractivity contribution >= 4 is 17.4 Å². The standard InChI is InChI=1S/C23H27N9O/c1-23(2,3)18-14-17(25-26-18)22(33)31-11-5-10-30(12-13-31)20-8-7-19-27-28-21(32(19)29-20)16-6-4-9-24-15-16/h4,6-9,14-15H,5,10-13H2,1-3H3,(H,25,26). The number of fused-ring (bicyclic) bond motifs is 1. The van der Waals surface area contributed by atoms with E-state index in [9.17, 15) is 4.79 Å². The Balaban J connectivity index is 1.34. The van der Waals surface area contributed by atoms with Crippen molar-refractivity contribution in [1.29, 1.82) is 0 Å². The number of H-pyrrole nitrogens is 1. The van der Waals surface area contributed by atoms with E-state index in [1.165, 1.54) is 0 Å². The van der Waals surface area contributed by atoms with E-state index in [2.05, 4.69) is 51.0 Å². The molecule has 1 saturated heterocycles. The number of nitrogens with one attached hydrogen (secondary N) is 1. The molecule has 4 aromatic heterocycles. The van der Waals surface area contributed by atoms with E-state index in [1.54, 1.807) is 16.9 Å². The van der Waals surface area contributed by atoms with Gasteiger partial charge in [-0.25, -0.2) is 0 Å². The predicted octanol–water partition coefficient (Wildman–Crippen LogP) is 2.56. The Morgan fingerprint density at radius 3 is 2.70 bits per heavy atom. The van der Waals surface area contributed by atoms with Crippen LogP contribution in [-0.4, -0.2) is 72.0 Å². The van der Waals surface area contributed by atoms with E-state index in [4.69, 9.17) is 5.10 Å². The fourth-order valence-corrected chi connectivity index (χ4v) is 3.95. The monoisotopic (exact) mass is 445 g/mol. The molecule has 170 valence electrons. The number of hydrogen-bond acceptors (Lipinski definition) is 7. The first-order chi connectivity index (χ1) is 15.9. The number of pyridine rings is 1. The van der Waals surface area contributed by atoms with Crippen molar-refractivity contribution in [1.82, 2.24) is 39.9 Å². The first-order valence-electron chi connectivity index (χ1n) is 11.1. The van der Waals surface area contributed by atoms with Crippen LogP contribution in [0.2, 0.25) is 0 Å². The van der Waals surface area contributed by atoms with Crippen molar-refractivity contribution in [3.05, 3.63) is 54.1 Å². The maximum atomic E-state index is 13.1. The average molecular weight is 446 g/mol. The normalized spacial score (nSPS) is 15.1. The van der Waals surface area contributed by atoms with E-state index in [1.807, 2.05) is 35.2 Å². The predicted molar refractivity (Wildman–Crippen MR) is 124 cm³/mol. The zero-order valence-corrected chi connectivity index (χ0v) is 19.1. The molecule has 0 atom stereocenters. The molecular weight excluding hydrogens is 418 g/mol. The Labute approximate surface area is 191 Å². The van der Waals surface area contributed by atoms with Crippen molar-refractivity contribution < 1.29 is 4.79 Å². The van der Waals surface area contributed by atoms with Gasteiger partial charge in [-0.2, -0.15) is 9.61 Å². The number of anilines is 1. The van der Waals surface area contributed by atoms with Crippen LogP contribution in [0.15, 0.2) is 42.7 Å². The van der Waals surface area contributed by atoms with E-state index in [-0.39, 0.29) is 11.3 Å². The fourth-order valence-electron chi connectivity index (χ4n) is 3.95. The molecule has 10 heteroatoms. The molecule has 5 heterocycles. The molecule has 5 rings (SSSR count). The fraction of sp³-hybridized carbons (Fsp3) is 0.391. The summed E-state index contributed by atoms with van der Waals surface area (Å²) in [5, 5.41) is 20.6. The largest absolute Gasteiger partial charge is 0.353 e. The second kappa shape index (κ2) is 8.27. The van der Waals surface area contributed by atoms with Gasteiger partial charge in [-0.15, -0.1) is 15.3 Å². The molecular formula is C23H27N9O. The Bertz CT molecular complexity index is 1270. The molecule has 33 heavy (non-hydrogen) atoms. The topological polar surface area (TPSA) is 108 Å². The summed E-state index contributed by atoms with van der Waals surface area (Å²) in [6.07, 6.45) is 4.32. The van der Waals surface area contributed by atoms with Crippen LogP contribution < -0.4 is 4.90 Å². The van der Waals surface area contributed by atoms with Crippen LogP contribution in [0.25, 0.3) is 17.0 Å². The lowest BCUT2D eigenvalue weighted by Crippen LogP contribution is -2.35. The number of aromatic nitrogens is 7. The third-order valence-electron chi connectivity index (χ3n) is 5.88. The Kier molecular flexibility index (Phi) is 5.27. The van der Waals surface area contributed by atoms with Gasteiger partial charge in [0.15, 0.2) is 11.5 Å². The molecule has 0 aromatic carbocycles. The molecule has 0 saturated carbocycles. The summed E-state index contributed by atoms with van der Waals surface area (Å²) in [4.78, 5) is 21.3. The number of nitrogens with zero attached hydrogens (tertiary/aromatic N) is 8. The minimum absolute atomic E-state index is 0.0373. The van der Waals surface area contributed by atoms with Gasteiger partial charge >= 0.3 is 0 Å². The number of carbonyl (C=O) groups is 1. The molecule has 1 aliphatic heterocycles. The highest BCUT2D eigenvalue weighted by molar-refractivity contribution is 5.92. The average Bonchev–Trinajstić information content (AvgIpc) is 3.40. The Morgan fingerprint density at radius 1 is 1.06 bits per heavy atom. The van der Waals surface area contributed by atoms with Crippen LogP contribution >= 0.6 is 0 Å². The van der Waals surface area contributed by atoms with Gasteiger partial charge in [0.1, 0.15) is 11.5 Å². The molecule has 0 radical (unpaired) electrons. The summed E-state index contributed by atoms with van der Waals surface area (Å²) in [5.41, 5.74) is 2.88. The van der Waals surface area contributed by atoms with E-state index in [0.717, 1.165) is 30.0 Å². The Hall–Kier alpha value is -3.82. The van der Waals surface area contributed by atoms with Crippen LogP contribution in [0.1, 0.15) is 43.4 Å². The highest BCUT2D eigenvalue weighted by Gasteiger charge is 2.25. The van der Waals surface area contributed by atoms with Gasteiger partial charge in [0.25, 0.3) is 5.91 Å². The van der Waals surface area contributed by atoms with E-state index < -0.39 is 0 Å². The number of carbonyl (C=O) groups excluding carboxylic acids is 1. The van der Waals surface area contributed by atoms with Gasteiger partial charge in [-0.1, -0.05) is 20.8 Å². The van der Waals surface area contributed by atoms with Crippen LogP contribution in [0.5, 0.6) is 0 Å². The first-order valence-corrected chi connectivity index (χ1v) is 11.1. The third kappa shape index (κ3) is 4.15. The molecule has 1 N–H and O–H groups in total. The molecule has 0 bridgehead atoms. The first kappa shape index (κ1) is 21.0. The summed E-state index contributed by atoms with van der Waals surface area (Å²) in [6.45, 7) is 9.07. The van der Waals surface area contributed by atoms with Crippen molar-refractivity contribution in [3.63, 3.8) is 0 Å². The number of amides is 1. The van der Waals surface area contributed by atoms with E-state index in [0.29, 0.717) is 36.8 Å². The maximum Gasteiger partial charge on any atom is 0.274 e. The molecule has 0 aliphatic carbocycles. The number of hydrogen-bond donors (Lipinski definition) is 1. The van der Waals surface area contributed by atoms with Crippen molar-refractivity contribution in [2.45, 2.75) is 32.6 Å². The van der Waals surface area contributed by atoms with Crippen LogP contribution in [0.3, 0.4) is 0 Å². The molecule has 0 spiro atoms. The van der Waals surface area contributed by atoms with Crippen LogP contribution in [0.4, 0.5) is 5.82 Å². The molecule has 1 amide bonds. The van der Waals surface area contributed by atoms with Crippen molar-refractivity contribution in [2.75, 3.05) is 31.1 Å². The SMILES string of the molecule is CC(C)(C)c1cc(C(=O)N2CCCN(c3ccc4nnc(-c5cccnc5)n4n3)CC2)n[nH]1.